The van der Waals surface area contributed by atoms with Crippen LogP contribution < -0.4 is 0 Å². The third kappa shape index (κ3) is 2.98. The smallest absolute Gasteiger partial charge is 0.255 e. The Morgan fingerprint density at radius 3 is 2.79 bits per heavy atom. The van der Waals surface area contributed by atoms with Gasteiger partial charge in [0.1, 0.15) is 11.9 Å². The van der Waals surface area contributed by atoms with E-state index in [0.717, 1.165) is 22.1 Å². The number of carbonyl (C=O) groups excluding carboxylic acids is 1. The molecule has 29 heavy (non-hydrogen) atoms. The summed E-state index contributed by atoms with van der Waals surface area (Å²) >= 11 is 6.29. The summed E-state index contributed by atoms with van der Waals surface area (Å²) in [6.07, 6.45) is -3.03. The van der Waals surface area contributed by atoms with E-state index in [0.29, 0.717) is 30.2 Å². The summed E-state index contributed by atoms with van der Waals surface area (Å²) in [5, 5.41) is 22.7. The summed E-state index contributed by atoms with van der Waals surface area (Å²) in [6, 6.07) is 15.0. The lowest BCUT2D eigenvalue weighted by Gasteiger charge is -2.31. The van der Waals surface area contributed by atoms with Gasteiger partial charge in [0.15, 0.2) is 6.10 Å². The van der Waals surface area contributed by atoms with Crippen molar-refractivity contribution < 1.29 is 15.0 Å². The Kier molecular flexibility index (Phi) is 4.31. The van der Waals surface area contributed by atoms with E-state index >= 15 is 0 Å². The van der Waals surface area contributed by atoms with Gasteiger partial charge in [0, 0.05) is 34.7 Å². The number of hydrogen-bond acceptors (Lipinski definition) is 4. The maximum absolute atomic E-state index is 12.9. The Hall–Kier alpha value is -2.87. The third-order valence-corrected chi connectivity index (χ3v) is 5.81. The number of hydrogen-bond donors (Lipinski definition) is 3. The van der Waals surface area contributed by atoms with Crippen LogP contribution in [0.3, 0.4) is 0 Å². The van der Waals surface area contributed by atoms with Crippen LogP contribution in [0.4, 0.5) is 0 Å². The van der Waals surface area contributed by atoms with Gasteiger partial charge < -0.3 is 24.7 Å². The zero-order valence-corrected chi connectivity index (χ0v) is 16.2. The van der Waals surface area contributed by atoms with Crippen molar-refractivity contribution in [2.24, 2.45) is 0 Å². The highest BCUT2D eigenvalue weighted by Crippen LogP contribution is 2.30. The molecule has 2 unspecified atom stereocenters. The van der Waals surface area contributed by atoms with E-state index in [2.05, 4.69) is 14.5 Å². The first-order valence-electron chi connectivity index (χ1n) is 9.39. The Bertz CT molecular complexity index is 1200. The second kappa shape index (κ2) is 6.88. The summed E-state index contributed by atoms with van der Waals surface area (Å²) in [7, 11) is 0. The third-order valence-electron chi connectivity index (χ3n) is 5.48. The van der Waals surface area contributed by atoms with Gasteiger partial charge in [-0.2, -0.15) is 0 Å². The fraction of sp³-hybridized carbons (Fsp3) is 0.238. The van der Waals surface area contributed by atoms with Crippen molar-refractivity contribution in [3.05, 3.63) is 65.1 Å². The standard InChI is InChI=1S/C21H19ClN4O3/c22-14-4-3-7-17-13(14)10-12-11-25(8-9-26(12)17)21(29)19(28)18(27)20-23-15-5-1-2-6-16(15)24-20/h1-7,10,18-19,27-28H,8-9,11H2,(H,23,24). The van der Waals surface area contributed by atoms with Crippen LogP contribution in [0.15, 0.2) is 48.5 Å². The quantitative estimate of drug-likeness (QED) is 0.484. The van der Waals surface area contributed by atoms with E-state index in [1.54, 1.807) is 11.0 Å². The average Bonchev–Trinajstić information content (AvgIpc) is 3.34. The minimum absolute atomic E-state index is 0.171. The second-order valence-electron chi connectivity index (χ2n) is 7.25. The molecule has 0 spiro atoms. The highest BCUT2D eigenvalue weighted by molar-refractivity contribution is 6.35. The summed E-state index contributed by atoms with van der Waals surface area (Å²) < 4.78 is 2.13. The molecule has 3 N–H and O–H groups in total. The number of para-hydroxylation sites is 2. The second-order valence-corrected chi connectivity index (χ2v) is 7.66. The molecule has 1 aliphatic heterocycles. The molecule has 0 aliphatic carbocycles. The number of imidazole rings is 1. The molecule has 3 heterocycles. The number of aromatic nitrogens is 3. The molecule has 7 nitrogen and oxygen atoms in total. The SMILES string of the molecule is O=C(C(O)C(O)c1nc2ccccc2[nH]1)N1CCn2c(cc3c(Cl)cccc32)C1. The van der Waals surface area contributed by atoms with Crippen molar-refractivity contribution in [2.75, 3.05) is 6.54 Å². The molecule has 0 bridgehead atoms. The Morgan fingerprint density at radius 2 is 1.97 bits per heavy atom. The monoisotopic (exact) mass is 410 g/mol. The first kappa shape index (κ1) is 18.2. The topological polar surface area (TPSA) is 94.4 Å². The van der Waals surface area contributed by atoms with Crippen molar-refractivity contribution in [1.82, 2.24) is 19.4 Å². The normalized spacial score (nSPS) is 16.2. The number of fused-ring (bicyclic) bond motifs is 4. The molecule has 0 saturated heterocycles. The van der Waals surface area contributed by atoms with Gasteiger partial charge in [0.05, 0.1) is 17.6 Å². The van der Waals surface area contributed by atoms with Crippen molar-refractivity contribution in [3.63, 3.8) is 0 Å². The van der Waals surface area contributed by atoms with Crippen LogP contribution in [0.25, 0.3) is 21.9 Å². The number of rotatable bonds is 3. The van der Waals surface area contributed by atoms with E-state index in [9.17, 15) is 15.0 Å². The fourth-order valence-electron chi connectivity index (χ4n) is 3.97. The van der Waals surface area contributed by atoms with Crippen LogP contribution in [0.2, 0.25) is 5.02 Å². The lowest BCUT2D eigenvalue weighted by atomic mass is 10.1. The first-order chi connectivity index (χ1) is 14.0. The number of nitrogens with one attached hydrogen (secondary N) is 1. The Labute approximate surface area is 171 Å². The van der Waals surface area contributed by atoms with Crippen molar-refractivity contribution in [3.8, 4) is 0 Å². The van der Waals surface area contributed by atoms with Gasteiger partial charge in [-0.25, -0.2) is 4.98 Å². The number of benzene rings is 2. The maximum atomic E-state index is 12.9. The molecule has 8 heteroatoms. The molecule has 2 atom stereocenters. The molecule has 0 fully saturated rings. The number of H-pyrrole nitrogens is 1. The number of amides is 1. The van der Waals surface area contributed by atoms with Gasteiger partial charge in [-0.1, -0.05) is 29.8 Å². The van der Waals surface area contributed by atoms with Gasteiger partial charge in [-0.15, -0.1) is 0 Å². The first-order valence-corrected chi connectivity index (χ1v) is 9.77. The number of carbonyl (C=O) groups is 1. The molecule has 1 aliphatic rings. The molecule has 2 aromatic carbocycles. The summed E-state index contributed by atoms with van der Waals surface area (Å²) in [6.45, 7) is 1.37. The molecule has 1 amide bonds. The lowest BCUT2D eigenvalue weighted by molar-refractivity contribution is -0.148. The van der Waals surface area contributed by atoms with E-state index < -0.39 is 18.1 Å². The van der Waals surface area contributed by atoms with Gasteiger partial charge in [-0.3, -0.25) is 4.79 Å². The predicted octanol–water partition coefficient (Wildman–Crippen LogP) is 2.61. The Balaban J connectivity index is 1.38. The average molecular weight is 411 g/mol. The minimum Gasteiger partial charge on any atom is -0.382 e. The summed E-state index contributed by atoms with van der Waals surface area (Å²) in [4.78, 5) is 21.7. The summed E-state index contributed by atoms with van der Waals surface area (Å²) in [5.41, 5.74) is 3.38. The maximum Gasteiger partial charge on any atom is 0.255 e. The van der Waals surface area contributed by atoms with Crippen molar-refractivity contribution >= 4 is 39.4 Å². The zero-order chi connectivity index (χ0) is 20.1. The van der Waals surface area contributed by atoms with Crippen LogP contribution in [0, 0.1) is 0 Å². The van der Waals surface area contributed by atoms with Gasteiger partial charge in [-0.05, 0) is 30.3 Å². The number of aliphatic hydroxyl groups is 2. The molecular weight excluding hydrogens is 392 g/mol. The van der Waals surface area contributed by atoms with Crippen LogP contribution in [-0.2, 0) is 17.9 Å². The molecular formula is C21H19ClN4O3. The summed E-state index contributed by atoms with van der Waals surface area (Å²) in [5.74, 6) is -0.356. The predicted molar refractivity (Wildman–Crippen MR) is 109 cm³/mol. The number of halogens is 1. The highest BCUT2D eigenvalue weighted by atomic mass is 35.5. The zero-order valence-electron chi connectivity index (χ0n) is 15.4. The van der Waals surface area contributed by atoms with Crippen molar-refractivity contribution in [2.45, 2.75) is 25.3 Å². The molecule has 148 valence electrons. The molecule has 4 aromatic rings. The minimum atomic E-state index is -1.60. The molecule has 5 rings (SSSR count). The highest BCUT2D eigenvalue weighted by Gasteiger charge is 2.33. The van der Waals surface area contributed by atoms with Gasteiger partial charge >= 0.3 is 0 Å². The largest absolute Gasteiger partial charge is 0.382 e. The number of aromatic amines is 1. The van der Waals surface area contributed by atoms with E-state index in [-0.39, 0.29) is 5.82 Å². The molecule has 0 saturated carbocycles. The Morgan fingerprint density at radius 1 is 1.14 bits per heavy atom. The van der Waals surface area contributed by atoms with Crippen LogP contribution in [-0.4, -0.2) is 48.2 Å². The van der Waals surface area contributed by atoms with E-state index in [4.69, 9.17) is 11.6 Å². The number of nitrogens with zero attached hydrogens (tertiary/aromatic N) is 3. The van der Waals surface area contributed by atoms with E-state index in [1.807, 2.05) is 42.5 Å². The molecule has 2 aromatic heterocycles. The lowest BCUT2D eigenvalue weighted by Crippen LogP contribution is -2.45. The van der Waals surface area contributed by atoms with Crippen molar-refractivity contribution in [1.29, 1.82) is 0 Å². The van der Waals surface area contributed by atoms with Crippen LogP contribution >= 0.6 is 11.6 Å². The van der Waals surface area contributed by atoms with Crippen LogP contribution in [0.5, 0.6) is 0 Å². The van der Waals surface area contributed by atoms with Gasteiger partial charge in [0.2, 0.25) is 0 Å². The molecule has 0 radical (unpaired) electrons. The van der Waals surface area contributed by atoms with Crippen LogP contribution in [0.1, 0.15) is 17.6 Å². The fourth-order valence-corrected chi connectivity index (χ4v) is 4.19. The van der Waals surface area contributed by atoms with Gasteiger partial charge in [0.25, 0.3) is 5.91 Å². The number of aliphatic hydroxyl groups excluding tert-OH is 2. The van der Waals surface area contributed by atoms with E-state index in [1.165, 1.54) is 0 Å².